The van der Waals surface area contributed by atoms with Crippen molar-refractivity contribution in [2.75, 3.05) is 5.43 Å². The highest BCUT2D eigenvalue weighted by Crippen LogP contribution is 2.25. The smallest absolute Gasteiger partial charge is 0.125 e. The Kier molecular flexibility index (Phi) is 4.60. The first-order valence-corrected chi connectivity index (χ1v) is 7.55. The lowest BCUT2D eigenvalue weighted by atomic mass is 10.0. The average Bonchev–Trinajstić information content (AvgIpc) is 2.60. The summed E-state index contributed by atoms with van der Waals surface area (Å²) in [6.45, 7) is 0. The number of nitrogens with zero attached hydrogens (tertiary/aromatic N) is 1. The molecule has 23 heavy (non-hydrogen) atoms. The number of hydrogen-bond acceptors (Lipinski definition) is 3. The van der Waals surface area contributed by atoms with Gasteiger partial charge in [0.05, 0.1) is 5.69 Å². The highest BCUT2D eigenvalue weighted by atomic mass is 35.5. The second kappa shape index (κ2) is 6.99. The summed E-state index contributed by atoms with van der Waals surface area (Å²) in [7, 11) is 0. The summed E-state index contributed by atoms with van der Waals surface area (Å²) in [6, 6.07) is 24.2. The van der Waals surface area contributed by atoms with Gasteiger partial charge < -0.3 is 5.11 Å². The van der Waals surface area contributed by atoms with Crippen LogP contribution in [0.3, 0.4) is 0 Å². The molecule has 0 aromatic heterocycles. The molecule has 0 heterocycles. The molecule has 0 bridgehead atoms. The van der Waals surface area contributed by atoms with Crippen LogP contribution in [0.15, 0.2) is 84.0 Å². The second-order valence-corrected chi connectivity index (χ2v) is 5.40. The van der Waals surface area contributed by atoms with Crippen molar-refractivity contribution in [3.63, 3.8) is 0 Å². The van der Waals surface area contributed by atoms with E-state index in [1.165, 1.54) is 0 Å². The summed E-state index contributed by atoms with van der Waals surface area (Å²) >= 11 is 6.08. The van der Waals surface area contributed by atoms with Crippen LogP contribution in [0.25, 0.3) is 0 Å². The summed E-state index contributed by atoms with van der Waals surface area (Å²) in [6.07, 6.45) is 0. The largest absolute Gasteiger partial charge is 0.507 e. The number of benzene rings is 3. The molecule has 2 N–H and O–H groups in total. The van der Waals surface area contributed by atoms with Gasteiger partial charge in [-0.05, 0) is 30.3 Å². The zero-order valence-electron chi connectivity index (χ0n) is 12.3. The predicted octanol–water partition coefficient (Wildman–Crippen LogP) is 4.91. The van der Waals surface area contributed by atoms with Crippen LogP contribution in [0.1, 0.15) is 11.1 Å². The summed E-state index contributed by atoms with van der Waals surface area (Å²) in [5.41, 5.74) is 5.96. The monoisotopic (exact) mass is 322 g/mol. The van der Waals surface area contributed by atoms with Crippen LogP contribution in [0.4, 0.5) is 5.69 Å². The summed E-state index contributed by atoms with van der Waals surface area (Å²) in [4.78, 5) is 0. The number of para-hydroxylation sites is 1. The Morgan fingerprint density at radius 2 is 1.52 bits per heavy atom. The molecule has 0 saturated carbocycles. The molecule has 0 aliphatic carbocycles. The van der Waals surface area contributed by atoms with Gasteiger partial charge in [0.2, 0.25) is 0 Å². The van der Waals surface area contributed by atoms with Crippen molar-refractivity contribution < 1.29 is 5.11 Å². The molecule has 4 heteroatoms. The predicted molar refractivity (Wildman–Crippen MR) is 95.3 cm³/mol. The highest BCUT2D eigenvalue weighted by Gasteiger charge is 2.12. The molecule has 0 saturated heterocycles. The van der Waals surface area contributed by atoms with Crippen molar-refractivity contribution in [2.24, 2.45) is 5.10 Å². The van der Waals surface area contributed by atoms with Gasteiger partial charge in [-0.2, -0.15) is 5.10 Å². The number of phenols is 1. The lowest BCUT2D eigenvalue weighted by molar-refractivity contribution is 0.474. The Hall–Kier alpha value is -2.78. The van der Waals surface area contributed by atoms with E-state index in [0.717, 1.165) is 11.3 Å². The number of anilines is 1. The quantitative estimate of drug-likeness (QED) is 0.529. The third-order valence-electron chi connectivity index (χ3n) is 3.33. The van der Waals surface area contributed by atoms with E-state index in [-0.39, 0.29) is 5.75 Å². The van der Waals surface area contributed by atoms with Gasteiger partial charge in [0, 0.05) is 16.1 Å². The van der Waals surface area contributed by atoms with Crippen LogP contribution < -0.4 is 5.43 Å². The maximum Gasteiger partial charge on any atom is 0.125 e. The number of rotatable bonds is 4. The number of halogens is 1. The minimum Gasteiger partial charge on any atom is -0.507 e. The maximum absolute atomic E-state index is 10.2. The van der Waals surface area contributed by atoms with Crippen molar-refractivity contribution in [3.05, 3.63) is 95.0 Å². The minimum absolute atomic E-state index is 0.131. The first kappa shape index (κ1) is 15.1. The van der Waals surface area contributed by atoms with Crippen molar-refractivity contribution in [1.29, 1.82) is 0 Å². The number of phenolic OH excluding ortho intramolecular Hbond substituents is 1. The molecule has 114 valence electrons. The molecule has 3 rings (SSSR count). The van der Waals surface area contributed by atoms with E-state index in [2.05, 4.69) is 10.5 Å². The molecular formula is C19H15ClN2O. The lowest BCUT2D eigenvalue weighted by Crippen LogP contribution is -2.07. The molecule has 0 atom stereocenters. The topological polar surface area (TPSA) is 44.6 Å². The van der Waals surface area contributed by atoms with Crippen molar-refractivity contribution >= 4 is 23.0 Å². The number of nitrogens with one attached hydrogen (secondary N) is 1. The van der Waals surface area contributed by atoms with Gasteiger partial charge in [0.1, 0.15) is 11.5 Å². The Morgan fingerprint density at radius 1 is 0.870 bits per heavy atom. The molecule has 3 nitrogen and oxygen atoms in total. The zero-order valence-corrected chi connectivity index (χ0v) is 13.0. The fourth-order valence-corrected chi connectivity index (χ4v) is 2.38. The second-order valence-electron chi connectivity index (χ2n) is 4.97. The Morgan fingerprint density at radius 3 is 2.22 bits per heavy atom. The molecule has 0 aliphatic rings. The van der Waals surface area contributed by atoms with E-state index in [0.29, 0.717) is 16.3 Å². The fraction of sp³-hybridized carbons (Fsp3) is 0. The van der Waals surface area contributed by atoms with Crippen molar-refractivity contribution in [2.45, 2.75) is 0 Å². The summed E-state index contributed by atoms with van der Waals surface area (Å²) < 4.78 is 0. The average molecular weight is 323 g/mol. The molecule has 3 aromatic carbocycles. The summed E-state index contributed by atoms with van der Waals surface area (Å²) in [5, 5.41) is 15.2. The molecular weight excluding hydrogens is 308 g/mol. The van der Waals surface area contributed by atoms with Crippen LogP contribution in [-0.2, 0) is 0 Å². The standard InChI is InChI=1S/C19H15ClN2O/c20-15-11-12-18(23)17(13-15)19(14-7-3-1-4-8-14)22-21-16-9-5-2-6-10-16/h1-13,21,23H/b22-19+. The number of hydrogen-bond donors (Lipinski definition) is 2. The van der Waals surface area contributed by atoms with E-state index in [1.807, 2.05) is 60.7 Å². The Labute approximate surface area is 139 Å². The number of hydrazone groups is 1. The summed E-state index contributed by atoms with van der Waals surface area (Å²) in [5.74, 6) is 0.131. The molecule has 0 radical (unpaired) electrons. The molecule has 3 aromatic rings. The lowest BCUT2D eigenvalue weighted by Gasteiger charge is -2.10. The molecule has 0 aliphatic heterocycles. The molecule has 0 spiro atoms. The van der Waals surface area contributed by atoms with Crippen LogP contribution in [0.2, 0.25) is 5.02 Å². The van der Waals surface area contributed by atoms with E-state index in [9.17, 15) is 5.11 Å². The third-order valence-corrected chi connectivity index (χ3v) is 3.57. The maximum atomic E-state index is 10.2. The van der Waals surface area contributed by atoms with Crippen LogP contribution in [0.5, 0.6) is 5.75 Å². The number of aromatic hydroxyl groups is 1. The fourth-order valence-electron chi connectivity index (χ4n) is 2.21. The normalized spacial score (nSPS) is 11.3. The van der Waals surface area contributed by atoms with E-state index >= 15 is 0 Å². The van der Waals surface area contributed by atoms with Crippen LogP contribution in [-0.4, -0.2) is 10.8 Å². The van der Waals surface area contributed by atoms with Gasteiger partial charge in [-0.25, -0.2) is 0 Å². The first-order chi connectivity index (χ1) is 11.2. The van der Waals surface area contributed by atoms with E-state index in [4.69, 9.17) is 11.6 Å². The molecule has 0 fully saturated rings. The van der Waals surface area contributed by atoms with Gasteiger partial charge >= 0.3 is 0 Å². The van der Waals surface area contributed by atoms with Gasteiger partial charge in [-0.15, -0.1) is 0 Å². The first-order valence-electron chi connectivity index (χ1n) is 7.17. The van der Waals surface area contributed by atoms with Crippen molar-refractivity contribution in [1.82, 2.24) is 0 Å². The third kappa shape index (κ3) is 3.71. The molecule has 0 amide bonds. The van der Waals surface area contributed by atoms with Gasteiger partial charge in [-0.1, -0.05) is 60.1 Å². The van der Waals surface area contributed by atoms with E-state index < -0.39 is 0 Å². The van der Waals surface area contributed by atoms with Gasteiger partial charge in [-0.3, -0.25) is 5.43 Å². The zero-order chi connectivity index (χ0) is 16.1. The Bertz CT molecular complexity index is 817. The SMILES string of the molecule is Oc1ccc(Cl)cc1/C(=N/Nc1ccccc1)c1ccccc1. The van der Waals surface area contributed by atoms with E-state index in [1.54, 1.807) is 18.2 Å². The Balaban J connectivity index is 2.05. The van der Waals surface area contributed by atoms with Gasteiger partial charge in [0.25, 0.3) is 0 Å². The van der Waals surface area contributed by atoms with Crippen molar-refractivity contribution in [3.8, 4) is 5.75 Å². The minimum atomic E-state index is 0.131. The molecule has 0 unspecified atom stereocenters. The van der Waals surface area contributed by atoms with Gasteiger partial charge in [0.15, 0.2) is 0 Å². The van der Waals surface area contributed by atoms with Crippen LogP contribution in [0, 0.1) is 0 Å². The van der Waals surface area contributed by atoms with Crippen LogP contribution >= 0.6 is 11.6 Å². The highest BCUT2D eigenvalue weighted by molar-refractivity contribution is 6.31.